The third kappa shape index (κ3) is 1.96. The Labute approximate surface area is 120 Å². The highest BCUT2D eigenvalue weighted by Gasteiger charge is 2.23. The van der Waals surface area contributed by atoms with E-state index in [1.807, 2.05) is 6.07 Å². The van der Waals surface area contributed by atoms with E-state index in [0.717, 1.165) is 28.2 Å². The molecule has 2 nitrogen and oxygen atoms in total. The van der Waals surface area contributed by atoms with Crippen LogP contribution in [0.25, 0.3) is 10.2 Å². The Kier molecular flexibility index (Phi) is 2.70. The fourth-order valence-corrected chi connectivity index (χ4v) is 3.81. The zero-order chi connectivity index (χ0) is 13.5. The molecule has 4 heteroatoms. The summed E-state index contributed by atoms with van der Waals surface area (Å²) >= 11 is 1.66. The molecule has 1 aliphatic rings. The van der Waals surface area contributed by atoms with Crippen molar-refractivity contribution < 1.29 is 4.39 Å². The number of halogens is 1. The van der Waals surface area contributed by atoms with Crippen molar-refractivity contribution in [1.29, 1.82) is 0 Å². The molecular weight excluding hydrogens is 271 g/mol. The molecule has 1 aliphatic heterocycles. The molecule has 1 aromatic heterocycles. The van der Waals surface area contributed by atoms with E-state index in [4.69, 9.17) is 0 Å². The van der Waals surface area contributed by atoms with Gasteiger partial charge in [-0.1, -0.05) is 18.2 Å². The van der Waals surface area contributed by atoms with Gasteiger partial charge in [-0.3, -0.25) is 0 Å². The SMILES string of the molecule is Fc1ccc2sc(CC3CNc4ccccc43)nc2c1. The van der Waals surface area contributed by atoms with Gasteiger partial charge in [-0.15, -0.1) is 11.3 Å². The van der Waals surface area contributed by atoms with Gasteiger partial charge in [-0.2, -0.15) is 0 Å². The van der Waals surface area contributed by atoms with Crippen molar-refractivity contribution in [2.45, 2.75) is 12.3 Å². The lowest BCUT2D eigenvalue weighted by molar-refractivity contribution is 0.629. The summed E-state index contributed by atoms with van der Waals surface area (Å²) in [4.78, 5) is 4.56. The summed E-state index contributed by atoms with van der Waals surface area (Å²) in [6.07, 6.45) is 0.908. The van der Waals surface area contributed by atoms with Crippen LogP contribution in [0.4, 0.5) is 10.1 Å². The number of anilines is 1. The van der Waals surface area contributed by atoms with Crippen LogP contribution >= 0.6 is 11.3 Å². The molecule has 0 aliphatic carbocycles. The van der Waals surface area contributed by atoms with Crippen molar-refractivity contribution in [2.24, 2.45) is 0 Å². The first-order valence-corrected chi connectivity index (χ1v) is 7.49. The van der Waals surface area contributed by atoms with E-state index in [1.54, 1.807) is 11.3 Å². The molecular formula is C16H13FN2S. The second-order valence-electron chi connectivity index (χ2n) is 5.09. The molecule has 0 saturated carbocycles. The first-order chi connectivity index (χ1) is 9.79. The third-order valence-electron chi connectivity index (χ3n) is 3.75. The number of hydrogen-bond acceptors (Lipinski definition) is 3. The van der Waals surface area contributed by atoms with Crippen LogP contribution in [0.5, 0.6) is 0 Å². The number of thiazole rings is 1. The Balaban J connectivity index is 1.65. The van der Waals surface area contributed by atoms with E-state index in [0.29, 0.717) is 5.92 Å². The molecule has 4 rings (SSSR count). The van der Waals surface area contributed by atoms with Gasteiger partial charge in [0.15, 0.2) is 0 Å². The zero-order valence-electron chi connectivity index (χ0n) is 10.8. The number of aromatic nitrogens is 1. The monoisotopic (exact) mass is 284 g/mol. The van der Waals surface area contributed by atoms with Crippen LogP contribution in [0.1, 0.15) is 16.5 Å². The van der Waals surface area contributed by atoms with Gasteiger partial charge in [-0.05, 0) is 23.8 Å². The number of nitrogens with one attached hydrogen (secondary N) is 1. The van der Waals surface area contributed by atoms with Crippen molar-refractivity contribution in [1.82, 2.24) is 4.98 Å². The third-order valence-corrected chi connectivity index (χ3v) is 4.81. The lowest BCUT2D eigenvalue weighted by Crippen LogP contribution is -2.05. The summed E-state index contributed by atoms with van der Waals surface area (Å²) in [6.45, 7) is 0.948. The van der Waals surface area contributed by atoms with E-state index >= 15 is 0 Å². The van der Waals surface area contributed by atoms with Crippen molar-refractivity contribution in [2.75, 3.05) is 11.9 Å². The molecule has 0 radical (unpaired) electrons. The molecule has 0 spiro atoms. The maximum absolute atomic E-state index is 13.2. The maximum Gasteiger partial charge on any atom is 0.125 e. The van der Waals surface area contributed by atoms with Crippen LogP contribution in [0.3, 0.4) is 0 Å². The van der Waals surface area contributed by atoms with Crippen molar-refractivity contribution in [3.8, 4) is 0 Å². The highest BCUT2D eigenvalue weighted by Crippen LogP contribution is 2.35. The molecule has 3 aromatic rings. The number of nitrogens with zero attached hydrogens (tertiary/aromatic N) is 1. The Morgan fingerprint density at radius 1 is 1.25 bits per heavy atom. The topological polar surface area (TPSA) is 24.9 Å². The molecule has 0 bridgehead atoms. The van der Waals surface area contributed by atoms with Gasteiger partial charge in [-0.25, -0.2) is 9.37 Å². The summed E-state index contributed by atoms with van der Waals surface area (Å²) in [5.41, 5.74) is 3.35. The second-order valence-corrected chi connectivity index (χ2v) is 6.20. The van der Waals surface area contributed by atoms with Gasteiger partial charge in [0, 0.05) is 30.6 Å². The quantitative estimate of drug-likeness (QED) is 0.763. The first-order valence-electron chi connectivity index (χ1n) is 6.67. The van der Waals surface area contributed by atoms with Gasteiger partial charge < -0.3 is 5.32 Å². The minimum Gasteiger partial charge on any atom is -0.384 e. The van der Waals surface area contributed by atoms with E-state index in [9.17, 15) is 4.39 Å². The lowest BCUT2D eigenvalue weighted by atomic mass is 9.98. The van der Waals surface area contributed by atoms with Crippen LogP contribution in [0.15, 0.2) is 42.5 Å². The fourth-order valence-electron chi connectivity index (χ4n) is 2.79. The van der Waals surface area contributed by atoms with Crippen molar-refractivity contribution in [3.63, 3.8) is 0 Å². The predicted molar refractivity (Wildman–Crippen MR) is 81.0 cm³/mol. The fraction of sp³-hybridized carbons (Fsp3) is 0.188. The van der Waals surface area contributed by atoms with Crippen LogP contribution < -0.4 is 5.32 Å². The minimum atomic E-state index is -0.220. The highest BCUT2D eigenvalue weighted by molar-refractivity contribution is 7.18. The molecule has 2 heterocycles. The van der Waals surface area contributed by atoms with Gasteiger partial charge in [0.05, 0.1) is 15.2 Å². The number of hydrogen-bond donors (Lipinski definition) is 1. The maximum atomic E-state index is 13.2. The van der Waals surface area contributed by atoms with Crippen LogP contribution in [-0.2, 0) is 6.42 Å². The van der Waals surface area contributed by atoms with E-state index < -0.39 is 0 Å². The summed E-state index contributed by atoms with van der Waals surface area (Å²) in [7, 11) is 0. The van der Waals surface area contributed by atoms with Crippen LogP contribution in [-0.4, -0.2) is 11.5 Å². The second kappa shape index (κ2) is 4.56. The number of rotatable bonds is 2. The summed E-state index contributed by atoms with van der Waals surface area (Å²) in [6, 6.07) is 13.2. The number of benzene rings is 2. The van der Waals surface area contributed by atoms with Crippen molar-refractivity contribution >= 4 is 27.2 Å². The van der Waals surface area contributed by atoms with Gasteiger partial charge in [0.25, 0.3) is 0 Å². The Morgan fingerprint density at radius 2 is 2.15 bits per heavy atom. The van der Waals surface area contributed by atoms with E-state index in [2.05, 4.69) is 34.6 Å². The normalized spacial score (nSPS) is 17.1. The predicted octanol–water partition coefficient (Wildman–Crippen LogP) is 4.19. The Morgan fingerprint density at radius 3 is 3.10 bits per heavy atom. The number of fused-ring (bicyclic) bond motifs is 2. The molecule has 100 valence electrons. The Hall–Kier alpha value is -1.94. The number of para-hydroxylation sites is 1. The molecule has 0 saturated heterocycles. The molecule has 1 unspecified atom stereocenters. The van der Waals surface area contributed by atoms with Crippen LogP contribution in [0.2, 0.25) is 0 Å². The van der Waals surface area contributed by atoms with Gasteiger partial charge in [0.2, 0.25) is 0 Å². The molecule has 0 fully saturated rings. The molecule has 1 atom stereocenters. The summed E-state index contributed by atoms with van der Waals surface area (Å²) < 4.78 is 14.3. The molecule has 1 N–H and O–H groups in total. The largest absolute Gasteiger partial charge is 0.384 e. The highest BCUT2D eigenvalue weighted by atomic mass is 32.1. The van der Waals surface area contributed by atoms with Crippen LogP contribution in [0, 0.1) is 5.82 Å². The van der Waals surface area contributed by atoms with Crippen molar-refractivity contribution in [3.05, 3.63) is 58.9 Å². The van der Waals surface area contributed by atoms with E-state index in [1.165, 1.54) is 23.4 Å². The average molecular weight is 284 g/mol. The molecule has 2 aromatic carbocycles. The summed E-state index contributed by atoms with van der Waals surface area (Å²) in [5.74, 6) is 0.235. The smallest absolute Gasteiger partial charge is 0.125 e. The molecule has 0 amide bonds. The van der Waals surface area contributed by atoms with Gasteiger partial charge >= 0.3 is 0 Å². The lowest BCUT2D eigenvalue weighted by Gasteiger charge is -2.07. The first kappa shape index (κ1) is 11.9. The average Bonchev–Trinajstić information content (AvgIpc) is 3.03. The standard InChI is InChI=1S/C16H13FN2S/c17-11-5-6-15-14(8-11)19-16(20-15)7-10-9-18-13-4-2-1-3-12(10)13/h1-6,8,10,18H,7,9H2. The zero-order valence-corrected chi connectivity index (χ0v) is 11.6. The Bertz CT molecular complexity index is 781. The van der Waals surface area contributed by atoms with E-state index in [-0.39, 0.29) is 5.82 Å². The van der Waals surface area contributed by atoms with Gasteiger partial charge in [0.1, 0.15) is 5.82 Å². The summed E-state index contributed by atoms with van der Waals surface area (Å²) in [5, 5.41) is 4.51. The minimum absolute atomic E-state index is 0.220. The molecule has 20 heavy (non-hydrogen) atoms.